The maximum atomic E-state index is 2.58. The first-order valence-corrected chi connectivity index (χ1v) is 5.82. The summed E-state index contributed by atoms with van der Waals surface area (Å²) in [7, 11) is 4.45. The lowest BCUT2D eigenvalue weighted by Gasteiger charge is -2.23. The van der Waals surface area contributed by atoms with Crippen LogP contribution in [0, 0.1) is 0 Å². The zero-order valence-electron chi connectivity index (χ0n) is 10.00. The fourth-order valence-electron chi connectivity index (χ4n) is 1.84. The topological polar surface area (TPSA) is 9.72 Å². The Labute approximate surface area is 88.7 Å². The molecule has 1 rings (SSSR count). The van der Waals surface area contributed by atoms with Crippen LogP contribution in [0.2, 0.25) is 0 Å². The van der Waals surface area contributed by atoms with E-state index >= 15 is 0 Å². The van der Waals surface area contributed by atoms with Gasteiger partial charge in [0.15, 0.2) is 0 Å². The molecule has 0 bridgehead atoms. The molecule has 0 spiro atoms. The zero-order valence-corrected chi connectivity index (χ0v) is 10.00. The quantitative estimate of drug-likeness (QED) is 0.644. The first-order chi connectivity index (χ1) is 6.72. The average molecular weight is 199 g/mol. The maximum Gasteiger partial charge on any atom is 0.0110 e. The molecule has 0 atom stereocenters. The highest BCUT2D eigenvalue weighted by atomic mass is 15.2. The van der Waals surface area contributed by atoms with E-state index in [1.165, 1.54) is 52.2 Å². The van der Waals surface area contributed by atoms with Gasteiger partial charge in [-0.25, -0.2) is 0 Å². The first kappa shape index (κ1) is 12.0. The molecule has 1 fully saturated rings. The van der Waals surface area contributed by atoms with Gasteiger partial charge in [-0.3, -0.25) is 0 Å². The third kappa shape index (κ3) is 4.40. The molecule has 3 heteroatoms. The third-order valence-corrected chi connectivity index (χ3v) is 3.00. The summed E-state index contributed by atoms with van der Waals surface area (Å²) < 4.78 is 0. The molecule has 0 saturated carbocycles. The smallest absolute Gasteiger partial charge is 0.0110 e. The summed E-state index contributed by atoms with van der Waals surface area (Å²) >= 11 is 0. The van der Waals surface area contributed by atoms with E-state index < -0.39 is 0 Å². The highest BCUT2D eigenvalue weighted by Gasteiger charge is 2.10. The fourth-order valence-corrected chi connectivity index (χ4v) is 1.84. The van der Waals surface area contributed by atoms with Crippen LogP contribution in [0.3, 0.4) is 0 Å². The number of rotatable bonds is 2. The second-order valence-electron chi connectivity index (χ2n) is 4.45. The molecule has 84 valence electrons. The van der Waals surface area contributed by atoms with Gasteiger partial charge in [0, 0.05) is 39.3 Å². The van der Waals surface area contributed by atoms with Crippen molar-refractivity contribution in [2.24, 2.45) is 0 Å². The van der Waals surface area contributed by atoms with Crippen LogP contribution in [0.5, 0.6) is 0 Å². The molecule has 1 saturated heterocycles. The lowest BCUT2D eigenvalue weighted by molar-refractivity contribution is 0.235. The predicted molar refractivity (Wildman–Crippen MR) is 61.7 cm³/mol. The molecule has 3 nitrogen and oxygen atoms in total. The monoisotopic (exact) mass is 199 g/mol. The molecule has 0 aromatic heterocycles. The Kier molecular flexibility index (Phi) is 5.45. The summed E-state index contributed by atoms with van der Waals surface area (Å²) in [5.41, 5.74) is 0. The van der Waals surface area contributed by atoms with Gasteiger partial charge in [-0.05, 0) is 27.1 Å². The Morgan fingerprint density at radius 3 is 1.64 bits per heavy atom. The van der Waals surface area contributed by atoms with E-state index in [1.807, 2.05) is 0 Å². The van der Waals surface area contributed by atoms with Crippen molar-refractivity contribution in [2.45, 2.75) is 13.3 Å². The molecular weight excluding hydrogens is 174 g/mol. The van der Waals surface area contributed by atoms with E-state index in [0.717, 1.165) is 0 Å². The number of nitrogens with zero attached hydrogens (tertiary/aromatic N) is 3. The molecule has 1 aliphatic rings. The van der Waals surface area contributed by atoms with Crippen molar-refractivity contribution in [3.63, 3.8) is 0 Å². The molecule has 0 aromatic carbocycles. The van der Waals surface area contributed by atoms with Gasteiger partial charge in [0.25, 0.3) is 0 Å². The van der Waals surface area contributed by atoms with Crippen molar-refractivity contribution >= 4 is 0 Å². The van der Waals surface area contributed by atoms with Gasteiger partial charge >= 0.3 is 0 Å². The van der Waals surface area contributed by atoms with Crippen LogP contribution in [-0.4, -0.2) is 74.6 Å². The zero-order chi connectivity index (χ0) is 10.4. The van der Waals surface area contributed by atoms with E-state index in [1.54, 1.807) is 0 Å². The van der Waals surface area contributed by atoms with Gasteiger partial charge in [0.05, 0.1) is 0 Å². The van der Waals surface area contributed by atoms with Crippen molar-refractivity contribution in [1.82, 2.24) is 14.7 Å². The minimum Gasteiger partial charge on any atom is -0.304 e. The van der Waals surface area contributed by atoms with Gasteiger partial charge in [-0.2, -0.15) is 0 Å². The highest BCUT2D eigenvalue weighted by Crippen LogP contribution is 1.97. The summed E-state index contributed by atoms with van der Waals surface area (Å²) in [6, 6.07) is 0. The fraction of sp³-hybridized carbons (Fsp3) is 1.00. The van der Waals surface area contributed by atoms with Crippen LogP contribution >= 0.6 is 0 Å². The van der Waals surface area contributed by atoms with Crippen LogP contribution in [0.1, 0.15) is 13.3 Å². The average Bonchev–Trinajstić information content (AvgIpc) is 2.24. The van der Waals surface area contributed by atoms with Gasteiger partial charge < -0.3 is 14.7 Å². The van der Waals surface area contributed by atoms with Crippen LogP contribution in [-0.2, 0) is 0 Å². The second-order valence-corrected chi connectivity index (χ2v) is 4.45. The van der Waals surface area contributed by atoms with Gasteiger partial charge in [0.1, 0.15) is 0 Å². The van der Waals surface area contributed by atoms with Crippen molar-refractivity contribution < 1.29 is 0 Å². The standard InChI is InChI=1S/C11H25N3/c1-4-5-14-10-8-12(2)6-7-13(3)9-11-14/h4-11H2,1-3H3. The van der Waals surface area contributed by atoms with Gasteiger partial charge in [0.2, 0.25) is 0 Å². The highest BCUT2D eigenvalue weighted by molar-refractivity contribution is 4.67. The molecule has 0 unspecified atom stereocenters. The number of hydrogen-bond donors (Lipinski definition) is 0. The third-order valence-electron chi connectivity index (χ3n) is 3.00. The molecule has 0 aromatic rings. The largest absolute Gasteiger partial charge is 0.304 e. The Morgan fingerprint density at radius 1 is 0.786 bits per heavy atom. The Hall–Kier alpha value is -0.120. The van der Waals surface area contributed by atoms with Gasteiger partial charge in [-0.1, -0.05) is 6.92 Å². The Balaban J connectivity index is 2.38. The van der Waals surface area contributed by atoms with Crippen LogP contribution in [0.4, 0.5) is 0 Å². The van der Waals surface area contributed by atoms with E-state index in [9.17, 15) is 0 Å². The van der Waals surface area contributed by atoms with Crippen LogP contribution in [0.15, 0.2) is 0 Å². The number of likely N-dealkylation sites (N-methyl/N-ethyl adjacent to an activating group) is 2. The summed E-state index contributed by atoms with van der Waals surface area (Å²) in [5, 5.41) is 0. The molecule has 0 radical (unpaired) electrons. The van der Waals surface area contributed by atoms with Crippen LogP contribution in [0.25, 0.3) is 0 Å². The van der Waals surface area contributed by atoms with E-state index in [0.29, 0.717) is 0 Å². The maximum absolute atomic E-state index is 2.58. The normalized spacial score (nSPS) is 24.2. The molecular formula is C11H25N3. The minimum atomic E-state index is 1.20. The molecule has 0 N–H and O–H groups in total. The lowest BCUT2D eigenvalue weighted by atomic mass is 10.4. The summed E-state index contributed by atoms with van der Waals surface area (Å²) in [6.45, 7) is 10.8. The van der Waals surface area contributed by atoms with E-state index in [4.69, 9.17) is 0 Å². The lowest BCUT2D eigenvalue weighted by Crippen LogP contribution is -2.35. The summed E-state index contributed by atoms with van der Waals surface area (Å²) in [5.74, 6) is 0. The molecule has 0 aliphatic carbocycles. The Bertz CT molecular complexity index is 135. The first-order valence-electron chi connectivity index (χ1n) is 5.82. The van der Waals surface area contributed by atoms with Crippen molar-refractivity contribution in [3.05, 3.63) is 0 Å². The molecule has 0 amide bonds. The molecule has 14 heavy (non-hydrogen) atoms. The molecule has 1 heterocycles. The van der Waals surface area contributed by atoms with E-state index in [2.05, 4.69) is 35.7 Å². The van der Waals surface area contributed by atoms with Crippen molar-refractivity contribution in [3.8, 4) is 0 Å². The predicted octanol–water partition coefficient (Wildman–Crippen LogP) is 0.576. The summed E-state index contributed by atoms with van der Waals surface area (Å²) in [6.07, 6.45) is 1.27. The van der Waals surface area contributed by atoms with Crippen molar-refractivity contribution in [1.29, 1.82) is 0 Å². The second kappa shape index (κ2) is 6.38. The van der Waals surface area contributed by atoms with E-state index in [-0.39, 0.29) is 0 Å². The minimum absolute atomic E-state index is 1.20. The molecule has 1 aliphatic heterocycles. The SMILES string of the molecule is CCCN1CCN(C)CCN(C)CC1. The Morgan fingerprint density at radius 2 is 1.21 bits per heavy atom. The van der Waals surface area contributed by atoms with Crippen molar-refractivity contribution in [2.75, 3.05) is 59.9 Å². The number of hydrogen-bond acceptors (Lipinski definition) is 3. The van der Waals surface area contributed by atoms with Crippen LogP contribution < -0.4 is 0 Å². The van der Waals surface area contributed by atoms with Gasteiger partial charge in [-0.15, -0.1) is 0 Å². The summed E-state index contributed by atoms with van der Waals surface area (Å²) in [4.78, 5) is 7.45.